The van der Waals surface area contributed by atoms with Gasteiger partial charge in [0.15, 0.2) is 11.5 Å². The third-order valence-corrected chi connectivity index (χ3v) is 3.69. The molecule has 1 heterocycles. The van der Waals surface area contributed by atoms with Crippen LogP contribution in [0, 0.1) is 5.92 Å². The summed E-state index contributed by atoms with van der Waals surface area (Å²) in [7, 11) is 3.23. The van der Waals surface area contributed by atoms with E-state index in [0.717, 1.165) is 13.0 Å². The Morgan fingerprint density at radius 1 is 1.43 bits per heavy atom. The number of methoxy groups -OCH3 is 1. The first-order valence-corrected chi connectivity index (χ1v) is 7.12. The van der Waals surface area contributed by atoms with E-state index in [-0.39, 0.29) is 29.8 Å². The van der Waals surface area contributed by atoms with Crippen molar-refractivity contribution < 1.29 is 23.0 Å². The van der Waals surface area contributed by atoms with Crippen LogP contribution in [0.5, 0.6) is 11.5 Å². The van der Waals surface area contributed by atoms with Crippen molar-refractivity contribution in [3.63, 3.8) is 0 Å². The van der Waals surface area contributed by atoms with E-state index in [1.54, 1.807) is 4.90 Å². The molecule has 8 heteroatoms. The first-order chi connectivity index (χ1) is 10.5. The summed E-state index contributed by atoms with van der Waals surface area (Å²) in [5.74, 6) is 0.360. The van der Waals surface area contributed by atoms with E-state index >= 15 is 0 Å². The molecule has 1 saturated heterocycles. The van der Waals surface area contributed by atoms with Gasteiger partial charge in [-0.15, -0.1) is 12.4 Å². The largest absolute Gasteiger partial charge is 0.493 e. The maximum atomic E-state index is 12.5. The average molecular weight is 351 g/mol. The highest BCUT2D eigenvalue weighted by molar-refractivity contribution is 5.95. The molecular weight excluding hydrogens is 330 g/mol. The molecular formula is C15H21ClF2N2O3. The smallest absolute Gasteiger partial charge is 0.387 e. The molecule has 2 rings (SSSR count). The summed E-state index contributed by atoms with van der Waals surface area (Å²) < 4.78 is 34.0. The van der Waals surface area contributed by atoms with Gasteiger partial charge in [0.2, 0.25) is 0 Å². The molecule has 0 radical (unpaired) electrons. The third kappa shape index (κ3) is 4.94. The van der Waals surface area contributed by atoms with Crippen molar-refractivity contribution in [3.8, 4) is 11.5 Å². The number of ether oxygens (including phenoxy) is 2. The Labute approximate surface area is 140 Å². The molecule has 0 saturated carbocycles. The predicted molar refractivity (Wildman–Crippen MR) is 84.8 cm³/mol. The van der Waals surface area contributed by atoms with Crippen LogP contribution in [-0.4, -0.2) is 51.2 Å². The fourth-order valence-corrected chi connectivity index (χ4v) is 2.65. The third-order valence-electron chi connectivity index (χ3n) is 3.69. The second kappa shape index (κ2) is 8.88. The van der Waals surface area contributed by atoms with E-state index in [2.05, 4.69) is 10.1 Å². The molecule has 0 aliphatic carbocycles. The molecule has 1 fully saturated rings. The average Bonchev–Trinajstić information content (AvgIpc) is 2.95. The number of hydrogen-bond acceptors (Lipinski definition) is 4. The van der Waals surface area contributed by atoms with Crippen LogP contribution >= 0.6 is 12.4 Å². The van der Waals surface area contributed by atoms with Gasteiger partial charge in [-0.2, -0.15) is 8.78 Å². The van der Waals surface area contributed by atoms with Gasteiger partial charge in [0.1, 0.15) is 0 Å². The van der Waals surface area contributed by atoms with Gasteiger partial charge in [-0.25, -0.2) is 0 Å². The van der Waals surface area contributed by atoms with Gasteiger partial charge in [0, 0.05) is 18.7 Å². The number of rotatable bonds is 6. The number of hydrogen-bond donors (Lipinski definition) is 1. The quantitative estimate of drug-likeness (QED) is 0.856. The highest BCUT2D eigenvalue weighted by Crippen LogP contribution is 2.30. The van der Waals surface area contributed by atoms with Gasteiger partial charge in [-0.05, 0) is 44.1 Å². The van der Waals surface area contributed by atoms with E-state index in [0.29, 0.717) is 24.6 Å². The number of amides is 1. The fraction of sp³-hybridized carbons (Fsp3) is 0.533. The van der Waals surface area contributed by atoms with Gasteiger partial charge >= 0.3 is 6.61 Å². The van der Waals surface area contributed by atoms with E-state index < -0.39 is 6.61 Å². The second-order valence-electron chi connectivity index (χ2n) is 5.21. The normalized spacial score (nSPS) is 17.1. The van der Waals surface area contributed by atoms with Crippen LogP contribution in [0.15, 0.2) is 18.2 Å². The molecule has 1 amide bonds. The SMILES string of the molecule is CNCC1CCN(C(=O)c2ccc(OC(F)F)c(OC)c2)C1.Cl. The van der Waals surface area contributed by atoms with Crippen molar-refractivity contribution in [2.24, 2.45) is 5.92 Å². The minimum Gasteiger partial charge on any atom is -0.493 e. The van der Waals surface area contributed by atoms with E-state index in [4.69, 9.17) is 4.74 Å². The molecule has 1 aromatic rings. The number of nitrogens with zero attached hydrogens (tertiary/aromatic N) is 1. The Kier molecular flexibility index (Phi) is 7.51. The lowest BCUT2D eigenvalue weighted by Crippen LogP contribution is -2.30. The van der Waals surface area contributed by atoms with Crippen LogP contribution < -0.4 is 14.8 Å². The summed E-state index contributed by atoms with van der Waals surface area (Å²) in [6.07, 6.45) is 0.955. The Bertz CT molecular complexity index is 531. The number of halogens is 3. The van der Waals surface area contributed by atoms with Gasteiger partial charge in [-0.3, -0.25) is 4.79 Å². The highest BCUT2D eigenvalue weighted by Gasteiger charge is 2.27. The van der Waals surface area contributed by atoms with Gasteiger partial charge in [0.25, 0.3) is 5.91 Å². The molecule has 1 atom stereocenters. The van der Waals surface area contributed by atoms with Crippen LogP contribution in [0.1, 0.15) is 16.8 Å². The first kappa shape index (κ1) is 19.4. The van der Waals surface area contributed by atoms with Crippen molar-refractivity contribution in [2.45, 2.75) is 13.0 Å². The summed E-state index contributed by atoms with van der Waals surface area (Å²) in [5.41, 5.74) is 0.406. The van der Waals surface area contributed by atoms with E-state index in [9.17, 15) is 13.6 Å². The molecule has 0 aromatic heterocycles. The van der Waals surface area contributed by atoms with E-state index in [1.807, 2.05) is 7.05 Å². The summed E-state index contributed by atoms with van der Waals surface area (Å²) in [5, 5.41) is 3.11. The standard InChI is InChI=1S/C15H20F2N2O3.ClH/c1-18-8-10-5-6-19(9-10)14(20)11-3-4-12(22-15(16)17)13(7-11)21-2;/h3-4,7,10,15,18H,5-6,8-9H2,1-2H3;1H. The molecule has 1 aliphatic heterocycles. The Morgan fingerprint density at radius 3 is 2.78 bits per heavy atom. The number of alkyl halides is 2. The monoisotopic (exact) mass is 350 g/mol. The molecule has 0 bridgehead atoms. The number of carbonyl (C=O) groups excluding carboxylic acids is 1. The van der Waals surface area contributed by atoms with Crippen molar-refractivity contribution >= 4 is 18.3 Å². The van der Waals surface area contributed by atoms with Crippen molar-refractivity contribution in [1.82, 2.24) is 10.2 Å². The molecule has 5 nitrogen and oxygen atoms in total. The maximum Gasteiger partial charge on any atom is 0.387 e. The minimum absolute atomic E-state index is 0. The lowest BCUT2D eigenvalue weighted by atomic mass is 10.1. The van der Waals surface area contributed by atoms with Crippen LogP contribution in [0.4, 0.5) is 8.78 Å². The highest BCUT2D eigenvalue weighted by atomic mass is 35.5. The zero-order valence-corrected chi connectivity index (χ0v) is 13.9. The fourth-order valence-electron chi connectivity index (χ4n) is 2.65. The molecule has 130 valence electrons. The second-order valence-corrected chi connectivity index (χ2v) is 5.21. The predicted octanol–water partition coefficient (Wildman–Crippen LogP) is 2.40. The Morgan fingerprint density at radius 2 is 2.17 bits per heavy atom. The first-order valence-electron chi connectivity index (χ1n) is 7.12. The molecule has 23 heavy (non-hydrogen) atoms. The van der Waals surface area contributed by atoms with Crippen molar-refractivity contribution in [1.29, 1.82) is 0 Å². The number of likely N-dealkylation sites (tertiary alicyclic amines) is 1. The summed E-state index contributed by atoms with van der Waals surface area (Å²) in [6, 6.07) is 4.25. The molecule has 1 aliphatic rings. The van der Waals surface area contributed by atoms with Crippen molar-refractivity contribution in [3.05, 3.63) is 23.8 Å². The van der Waals surface area contributed by atoms with E-state index in [1.165, 1.54) is 25.3 Å². The zero-order chi connectivity index (χ0) is 16.1. The molecule has 0 spiro atoms. The number of carbonyl (C=O) groups is 1. The van der Waals surface area contributed by atoms with Crippen LogP contribution in [0.25, 0.3) is 0 Å². The summed E-state index contributed by atoms with van der Waals surface area (Å²) in [6.45, 7) is -0.676. The van der Waals surface area contributed by atoms with Gasteiger partial charge in [-0.1, -0.05) is 0 Å². The summed E-state index contributed by atoms with van der Waals surface area (Å²) in [4.78, 5) is 14.2. The lowest BCUT2D eigenvalue weighted by molar-refractivity contribution is -0.0512. The van der Waals surface area contributed by atoms with Crippen LogP contribution in [0.3, 0.4) is 0 Å². The van der Waals surface area contributed by atoms with Gasteiger partial charge < -0.3 is 19.7 Å². The van der Waals surface area contributed by atoms with Crippen LogP contribution in [-0.2, 0) is 0 Å². The zero-order valence-electron chi connectivity index (χ0n) is 13.1. The maximum absolute atomic E-state index is 12.5. The van der Waals surface area contributed by atoms with Crippen molar-refractivity contribution in [2.75, 3.05) is 33.8 Å². The number of nitrogens with one attached hydrogen (secondary N) is 1. The minimum atomic E-state index is -2.93. The topological polar surface area (TPSA) is 50.8 Å². The van der Waals surface area contributed by atoms with Gasteiger partial charge in [0.05, 0.1) is 7.11 Å². The Balaban J connectivity index is 0.00000264. The Hall–Kier alpha value is -1.60. The molecule has 1 N–H and O–H groups in total. The number of benzene rings is 1. The molecule has 1 aromatic carbocycles. The molecule has 1 unspecified atom stereocenters. The summed E-state index contributed by atoms with van der Waals surface area (Å²) >= 11 is 0. The van der Waals surface area contributed by atoms with Crippen LogP contribution in [0.2, 0.25) is 0 Å². The lowest BCUT2D eigenvalue weighted by Gasteiger charge is -2.18.